The highest BCUT2D eigenvalue weighted by Gasteiger charge is 2.13. The maximum Gasteiger partial charge on any atom is 0.167 e. The zero-order valence-corrected chi connectivity index (χ0v) is 13.2. The minimum absolute atomic E-state index is 0.0693. The zero-order chi connectivity index (χ0) is 15.4. The van der Waals surface area contributed by atoms with Gasteiger partial charge < -0.3 is 9.47 Å². The van der Waals surface area contributed by atoms with Crippen molar-refractivity contribution in [1.29, 1.82) is 0 Å². The van der Waals surface area contributed by atoms with Crippen molar-refractivity contribution in [3.63, 3.8) is 0 Å². The lowest BCUT2D eigenvalue weighted by atomic mass is 10.0. The summed E-state index contributed by atoms with van der Waals surface area (Å²) in [6, 6.07) is 10.1. The molecule has 0 aliphatic rings. The number of carbonyl (C=O) groups excluding carboxylic acids is 1. The molecule has 110 valence electrons. The quantitative estimate of drug-likeness (QED) is 0.763. The summed E-state index contributed by atoms with van der Waals surface area (Å²) in [5, 5.41) is 1.07. The van der Waals surface area contributed by atoms with Crippen molar-refractivity contribution in [1.82, 2.24) is 0 Å². The molecule has 0 spiro atoms. The van der Waals surface area contributed by atoms with Crippen LogP contribution in [0.3, 0.4) is 0 Å². The van der Waals surface area contributed by atoms with Crippen molar-refractivity contribution < 1.29 is 14.3 Å². The monoisotopic (exact) mass is 324 g/mol. The third-order valence-electron chi connectivity index (χ3n) is 3.06. The fraction of sp³-hybridized carbons (Fsp3) is 0.188. The van der Waals surface area contributed by atoms with Crippen LogP contribution in [0, 0.1) is 0 Å². The van der Waals surface area contributed by atoms with Crippen molar-refractivity contribution in [2.45, 2.75) is 6.42 Å². The molecule has 0 heterocycles. The van der Waals surface area contributed by atoms with Crippen LogP contribution in [0.4, 0.5) is 0 Å². The van der Waals surface area contributed by atoms with Gasteiger partial charge in [0.15, 0.2) is 17.3 Å². The molecular formula is C16H14Cl2O3. The van der Waals surface area contributed by atoms with Crippen LogP contribution in [0.5, 0.6) is 11.5 Å². The van der Waals surface area contributed by atoms with Gasteiger partial charge in [-0.3, -0.25) is 4.79 Å². The summed E-state index contributed by atoms with van der Waals surface area (Å²) in [7, 11) is 3.07. The maximum absolute atomic E-state index is 12.3. The van der Waals surface area contributed by atoms with Crippen LogP contribution in [0.15, 0.2) is 36.4 Å². The van der Waals surface area contributed by atoms with Crippen LogP contribution in [-0.2, 0) is 6.42 Å². The van der Waals surface area contributed by atoms with Crippen LogP contribution in [0.25, 0.3) is 0 Å². The Kier molecular flexibility index (Phi) is 5.10. The van der Waals surface area contributed by atoms with Gasteiger partial charge in [-0.25, -0.2) is 0 Å². The molecule has 21 heavy (non-hydrogen) atoms. The first kappa shape index (κ1) is 15.7. The number of benzene rings is 2. The predicted molar refractivity (Wildman–Crippen MR) is 84.0 cm³/mol. The first-order valence-electron chi connectivity index (χ1n) is 6.24. The van der Waals surface area contributed by atoms with Gasteiger partial charge in [0.05, 0.1) is 14.2 Å². The van der Waals surface area contributed by atoms with E-state index in [1.807, 2.05) is 0 Å². The maximum atomic E-state index is 12.3. The number of hydrogen-bond acceptors (Lipinski definition) is 3. The first-order valence-corrected chi connectivity index (χ1v) is 7.00. The van der Waals surface area contributed by atoms with Gasteiger partial charge in [-0.2, -0.15) is 0 Å². The Morgan fingerprint density at radius 3 is 2.38 bits per heavy atom. The van der Waals surface area contributed by atoms with E-state index in [-0.39, 0.29) is 12.2 Å². The molecule has 2 aromatic rings. The van der Waals surface area contributed by atoms with Crippen LogP contribution in [0.2, 0.25) is 10.0 Å². The summed E-state index contributed by atoms with van der Waals surface area (Å²) in [6.07, 6.45) is 0.175. The summed E-state index contributed by atoms with van der Waals surface area (Å²) in [4.78, 5) is 12.3. The molecule has 0 radical (unpaired) electrons. The second-order valence-electron chi connectivity index (χ2n) is 4.41. The van der Waals surface area contributed by atoms with Gasteiger partial charge in [-0.05, 0) is 42.0 Å². The zero-order valence-electron chi connectivity index (χ0n) is 11.7. The SMILES string of the molecule is COc1ccc(C(=O)Cc2cc(Cl)ccc2Cl)cc1OC. The molecule has 5 heteroatoms. The van der Waals surface area contributed by atoms with E-state index < -0.39 is 0 Å². The normalized spacial score (nSPS) is 10.3. The van der Waals surface area contributed by atoms with E-state index in [4.69, 9.17) is 32.7 Å². The van der Waals surface area contributed by atoms with Crippen LogP contribution in [0.1, 0.15) is 15.9 Å². The lowest BCUT2D eigenvalue weighted by Crippen LogP contribution is -2.05. The van der Waals surface area contributed by atoms with Crippen molar-refractivity contribution >= 4 is 29.0 Å². The molecule has 0 bridgehead atoms. The molecule has 0 aliphatic carbocycles. The van der Waals surface area contributed by atoms with Gasteiger partial charge in [-0.1, -0.05) is 23.2 Å². The molecule has 0 amide bonds. The number of halogens is 2. The number of hydrogen-bond donors (Lipinski definition) is 0. The summed E-state index contributed by atoms with van der Waals surface area (Å²) in [5.74, 6) is 1.02. The van der Waals surface area contributed by atoms with Gasteiger partial charge in [0, 0.05) is 22.0 Å². The molecule has 0 atom stereocenters. The molecule has 0 aromatic heterocycles. The molecule has 0 aliphatic heterocycles. The third kappa shape index (κ3) is 3.69. The number of carbonyl (C=O) groups is 1. The number of methoxy groups -OCH3 is 2. The van der Waals surface area contributed by atoms with Gasteiger partial charge in [0.25, 0.3) is 0 Å². The Morgan fingerprint density at radius 2 is 1.71 bits per heavy atom. The van der Waals surface area contributed by atoms with E-state index in [1.165, 1.54) is 7.11 Å². The molecule has 0 saturated heterocycles. The summed E-state index contributed by atoms with van der Waals surface area (Å²) >= 11 is 12.0. The number of ketones is 1. The van der Waals surface area contributed by atoms with Crippen molar-refractivity contribution in [3.05, 3.63) is 57.6 Å². The summed E-state index contributed by atoms with van der Waals surface area (Å²) < 4.78 is 10.3. The Hall–Kier alpha value is -1.71. The van der Waals surface area contributed by atoms with E-state index >= 15 is 0 Å². The van der Waals surface area contributed by atoms with E-state index in [0.29, 0.717) is 32.7 Å². The number of ether oxygens (including phenoxy) is 2. The Bertz CT molecular complexity index is 669. The number of Topliss-reactive ketones (excluding diaryl/α,β-unsaturated/α-hetero) is 1. The average molecular weight is 325 g/mol. The van der Waals surface area contributed by atoms with Crippen molar-refractivity contribution in [2.24, 2.45) is 0 Å². The standard InChI is InChI=1S/C16H14Cl2O3/c1-20-15-6-3-10(9-16(15)21-2)14(19)8-11-7-12(17)4-5-13(11)18/h3-7,9H,8H2,1-2H3. The van der Waals surface area contributed by atoms with Crippen molar-refractivity contribution in [2.75, 3.05) is 14.2 Å². The third-order valence-corrected chi connectivity index (χ3v) is 3.67. The lowest BCUT2D eigenvalue weighted by molar-refractivity contribution is 0.0992. The smallest absolute Gasteiger partial charge is 0.167 e. The number of rotatable bonds is 5. The van der Waals surface area contributed by atoms with Gasteiger partial charge in [0.2, 0.25) is 0 Å². The first-order chi connectivity index (χ1) is 10.0. The molecule has 2 rings (SSSR count). The molecular weight excluding hydrogens is 311 g/mol. The molecule has 0 saturated carbocycles. The second kappa shape index (κ2) is 6.83. The minimum atomic E-state index is -0.0693. The molecule has 0 unspecified atom stereocenters. The van der Waals surface area contributed by atoms with Gasteiger partial charge in [-0.15, -0.1) is 0 Å². The Labute approximate surface area is 133 Å². The topological polar surface area (TPSA) is 35.5 Å². The van der Waals surface area contributed by atoms with Crippen molar-refractivity contribution in [3.8, 4) is 11.5 Å². The highest BCUT2D eigenvalue weighted by molar-refractivity contribution is 6.33. The van der Waals surface area contributed by atoms with Crippen LogP contribution >= 0.6 is 23.2 Å². The van der Waals surface area contributed by atoms with Gasteiger partial charge >= 0.3 is 0 Å². The molecule has 0 fully saturated rings. The minimum Gasteiger partial charge on any atom is -0.493 e. The van der Waals surface area contributed by atoms with E-state index in [1.54, 1.807) is 43.5 Å². The molecule has 2 aromatic carbocycles. The predicted octanol–water partition coefficient (Wildman–Crippen LogP) is 4.44. The fourth-order valence-corrected chi connectivity index (χ4v) is 2.34. The van der Waals surface area contributed by atoms with Crippen LogP contribution < -0.4 is 9.47 Å². The van der Waals surface area contributed by atoms with E-state index in [2.05, 4.69) is 0 Å². The van der Waals surface area contributed by atoms with Crippen LogP contribution in [-0.4, -0.2) is 20.0 Å². The lowest BCUT2D eigenvalue weighted by Gasteiger charge is -2.09. The average Bonchev–Trinajstić information content (AvgIpc) is 2.50. The van der Waals surface area contributed by atoms with E-state index in [0.717, 1.165) is 0 Å². The summed E-state index contributed by atoms with van der Waals surface area (Å²) in [6.45, 7) is 0. The fourth-order valence-electron chi connectivity index (χ4n) is 1.96. The highest BCUT2D eigenvalue weighted by atomic mass is 35.5. The molecule has 3 nitrogen and oxygen atoms in total. The largest absolute Gasteiger partial charge is 0.493 e. The Morgan fingerprint density at radius 1 is 1.00 bits per heavy atom. The Balaban J connectivity index is 2.26. The highest BCUT2D eigenvalue weighted by Crippen LogP contribution is 2.29. The van der Waals surface area contributed by atoms with Gasteiger partial charge in [0.1, 0.15) is 0 Å². The van der Waals surface area contributed by atoms with E-state index in [9.17, 15) is 4.79 Å². The second-order valence-corrected chi connectivity index (χ2v) is 5.25. The molecule has 0 N–H and O–H groups in total. The summed E-state index contributed by atoms with van der Waals surface area (Å²) in [5.41, 5.74) is 1.23.